The molecule has 0 atom stereocenters. The number of hydrogen-bond donors (Lipinski definition) is 1. The molecule has 0 aliphatic rings. The number of benzene rings is 2. The molecule has 9 heteroatoms. The third kappa shape index (κ3) is 4.67. The Bertz CT molecular complexity index is 940. The number of nitrogens with zero attached hydrogens (tertiary/aromatic N) is 2. The van der Waals surface area contributed by atoms with Crippen molar-refractivity contribution >= 4 is 28.9 Å². The molecular formula is C18H14Cl2F3N3O. The maximum atomic E-state index is 13.1. The molecule has 0 saturated carbocycles. The molecule has 0 saturated heterocycles. The Kier molecular flexibility index (Phi) is 5.53. The van der Waals surface area contributed by atoms with Crippen LogP contribution in [-0.4, -0.2) is 16.4 Å². The minimum absolute atomic E-state index is 0.000951. The van der Waals surface area contributed by atoms with E-state index < -0.39 is 11.7 Å². The van der Waals surface area contributed by atoms with Crippen molar-refractivity contribution in [2.45, 2.75) is 12.6 Å². The topological polar surface area (TPSA) is 53.1 Å². The van der Waals surface area contributed by atoms with Crippen LogP contribution in [0.5, 0.6) is 5.75 Å². The lowest BCUT2D eigenvalue weighted by molar-refractivity contribution is -0.138. The largest absolute Gasteiger partial charge is 0.492 e. The van der Waals surface area contributed by atoms with Crippen molar-refractivity contribution in [2.24, 2.45) is 0 Å². The van der Waals surface area contributed by atoms with Crippen molar-refractivity contribution in [2.75, 3.05) is 12.3 Å². The molecule has 0 amide bonds. The Morgan fingerprint density at radius 3 is 2.44 bits per heavy atom. The van der Waals surface area contributed by atoms with Crippen molar-refractivity contribution in [3.63, 3.8) is 0 Å². The first-order valence-corrected chi connectivity index (χ1v) is 8.59. The molecule has 0 spiro atoms. The van der Waals surface area contributed by atoms with Gasteiger partial charge >= 0.3 is 6.18 Å². The van der Waals surface area contributed by atoms with Crippen LogP contribution >= 0.6 is 23.2 Å². The summed E-state index contributed by atoms with van der Waals surface area (Å²) in [6, 6.07) is 10.7. The quantitative estimate of drug-likeness (QED) is 0.567. The van der Waals surface area contributed by atoms with E-state index in [-0.39, 0.29) is 23.1 Å². The number of nitrogens with two attached hydrogens (primary N) is 1. The van der Waals surface area contributed by atoms with Gasteiger partial charge < -0.3 is 10.5 Å². The van der Waals surface area contributed by atoms with E-state index in [1.165, 1.54) is 0 Å². The molecule has 1 aromatic heterocycles. The minimum atomic E-state index is -4.59. The number of halogens is 5. The van der Waals surface area contributed by atoms with Crippen LogP contribution in [0, 0.1) is 0 Å². The van der Waals surface area contributed by atoms with Gasteiger partial charge in [0.25, 0.3) is 0 Å². The SMILES string of the molecule is Nc1cc(C(F)(F)F)c(OCCc2ccn(-c3ccc(Cl)cc3)n2)cc1Cl. The summed E-state index contributed by atoms with van der Waals surface area (Å²) >= 11 is 11.7. The number of hydrogen-bond acceptors (Lipinski definition) is 3. The van der Waals surface area contributed by atoms with E-state index in [4.69, 9.17) is 33.7 Å². The number of anilines is 1. The van der Waals surface area contributed by atoms with E-state index in [0.717, 1.165) is 17.8 Å². The van der Waals surface area contributed by atoms with Gasteiger partial charge in [0.1, 0.15) is 5.75 Å². The number of alkyl halides is 3. The van der Waals surface area contributed by atoms with Crippen LogP contribution in [0.4, 0.5) is 18.9 Å². The number of nitrogen functional groups attached to an aromatic ring is 1. The first-order chi connectivity index (χ1) is 12.7. The highest BCUT2D eigenvalue weighted by atomic mass is 35.5. The Labute approximate surface area is 163 Å². The maximum absolute atomic E-state index is 13.1. The number of ether oxygens (including phenoxy) is 1. The zero-order valence-electron chi connectivity index (χ0n) is 13.8. The average molecular weight is 416 g/mol. The fourth-order valence-electron chi connectivity index (χ4n) is 2.41. The predicted octanol–water partition coefficient (Wildman–Crippen LogP) is 5.40. The van der Waals surface area contributed by atoms with Crippen molar-refractivity contribution in [3.8, 4) is 11.4 Å². The second-order valence-electron chi connectivity index (χ2n) is 5.69. The second kappa shape index (κ2) is 7.70. The highest BCUT2D eigenvalue weighted by molar-refractivity contribution is 6.33. The van der Waals surface area contributed by atoms with Crippen LogP contribution in [0.25, 0.3) is 5.69 Å². The lowest BCUT2D eigenvalue weighted by Gasteiger charge is -2.15. The van der Waals surface area contributed by atoms with Crippen LogP contribution < -0.4 is 10.5 Å². The van der Waals surface area contributed by atoms with Gasteiger partial charge in [-0.3, -0.25) is 0 Å². The Balaban J connectivity index is 1.69. The summed E-state index contributed by atoms with van der Waals surface area (Å²) in [5.74, 6) is -0.362. The van der Waals surface area contributed by atoms with E-state index >= 15 is 0 Å². The molecule has 1 heterocycles. The Hall–Kier alpha value is -2.38. The Morgan fingerprint density at radius 1 is 1.07 bits per heavy atom. The summed E-state index contributed by atoms with van der Waals surface area (Å²) in [4.78, 5) is 0. The van der Waals surface area contributed by atoms with Gasteiger partial charge in [0.05, 0.1) is 34.3 Å². The van der Waals surface area contributed by atoms with Gasteiger partial charge in [0.15, 0.2) is 0 Å². The molecule has 0 fully saturated rings. The highest BCUT2D eigenvalue weighted by Gasteiger charge is 2.35. The summed E-state index contributed by atoms with van der Waals surface area (Å²) in [6.45, 7) is 0.000951. The van der Waals surface area contributed by atoms with Crippen molar-refractivity contribution < 1.29 is 17.9 Å². The van der Waals surface area contributed by atoms with Gasteiger partial charge in [-0.15, -0.1) is 0 Å². The lowest BCUT2D eigenvalue weighted by Crippen LogP contribution is -2.11. The highest BCUT2D eigenvalue weighted by Crippen LogP contribution is 2.40. The molecule has 2 aromatic carbocycles. The molecule has 0 unspecified atom stereocenters. The van der Waals surface area contributed by atoms with E-state index in [9.17, 15) is 13.2 Å². The normalized spacial score (nSPS) is 11.6. The van der Waals surface area contributed by atoms with Gasteiger partial charge in [0, 0.05) is 23.7 Å². The molecule has 0 radical (unpaired) electrons. The van der Waals surface area contributed by atoms with Gasteiger partial charge in [-0.05, 0) is 36.4 Å². The zero-order chi connectivity index (χ0) is 19.6. The van der Waals surface area contributed by atoms with Crippen LogP contribution in [-0.2, 0) is 12.6 Å². The number of aromatic nitrogens is 2. The summed E-state index contributed by atoms with van der Waals surface area (Å²) in [5, 5.41) is 4.99. The molecule has 27 heavy (non-hydrogen) atoms. The van der Waals surface area contributed by atoms with Crippen LogP contribution in [0.1, 0.15) is 11.3 Å². The van der Waals surface area contributed by atoms with Crippen molar-refractivity contribution in [3.05, 3.63) is 70.0 Å². The summed E-state index contributed by atoms with van der Waals surface area (Å²) in [6.07, 6.45) is -2.52. The van der Waals surface area contributed by atoms with Crippen LogP contribution in [0.2, 0.25) is 10.0 Å². The van der Waals surface area contributed by atoms with Gasteiger partial charge in [-0.1, -0.05) is 23.2 Å². The van der Waals surface area contributed by atoms with Gasteiger partial charge in [-0.25, -0.2) is 4.68 Å². The molecule has 4 nitrogen and oxygen atoms in total. The lowest BCUT2D eigenvalue weighted by atomic mass is 10.1. The third-order valence-corrected chi connectivity index (χ3v) is 4.33. The first-order valence-electron chi connectivity index (χ1n) is 7.83. The zero-order valence-corrected chi connectivity index (χ0v) is 15.3. The summed E-state index contributed by atoms with van der Waals surface area (Å²) < 4.78 is 46.3. The standard InChI is InChI=1S/C18H14Cl2F3N3O/c19-11-1-3-13(4-2-11)26-7-5-12(25-26)6-8-27-17-10-15(20)16(24)9-14(17)18(21,22)23/h1-5,7,9-10H,6,8,24H2. The maximum Gasteiger partial charge on any atom is 0.420 e. The van der Waals surface area contributed by atoms with Gasteiger partial charge in [-0.2, -0.15) is 18.3 Å². The van der Waals surface area contributed by atoms with Crippen molar-refractivity contribution in [1.82, 2.24) is 9.78 Å². The molecule has 3 rings (SSSR count). The minimum Gasteiger partial charge on any atom is -0.492 e. The Morgan fingerprint density at radius 2 is 1.78 bits per heavy atom. The summed E-state index contributed by atoms with van der Waals surface area (Å²) in [5.41, 5.74) is 5.83. The fraction of sp³-hybridized carbons (Fsp3) is 0.167. The van der Waals surface area contributed by atoms with E-state index in [1.54, 1.807) is 29.1 Å². The van der Waals surface area contributed by atoms with E-state index in [1.807, 2.05) is 12.1 Å². The first kappa shape index (κ1) is 19.4. The predicted molar refractivity (Wildman–Crippen MR) is 98.6 cm³/mol. The smallest absolute Gasteiger partial charge is 0.420 e. The molecule has 0 aliphatic heterocycles. The van der Waals surface area contributed by atoms with Crippen molar-refractivity contribution in [1.29, 1.82) is 0 Å². The van der Waals surface area contributed by atoms with Crippen LogP contribution in [0.3, 0.4) is 0 Å². The molecule has 3 aromatic rings. The molecule has 2 N–H and O–H groups in total. The van der Waals surface area contributed by atoms with Crippen LogP contribution in [0.15, 0.2) is 48.7 Å². The fourth-order valence-corrected chi connectivity index (χ4v) is 2.69. The molecular weight excluding hydrogens is 402 g/mol. The van der Waals surface area contributed by atoms with Gasteiger partial charge in [0.2, 0.25) is 0 Å². The number of rotatable bonds is 5. The third-order valence-electron chi connectivity index (χ3n) is 3.76. The van der Waals surface area contributed by atoms with E-state index in [0.29, 0.717) is 17.1 Å². The van der Waals surface area contributed by atoms with E-state index in [2.05, 4.69) is 5.10 Å². The second-order valence-corrected chi connectivity index (χ2v) is 6.54. The average Bonchev–Trinajstić information content (AvgIpc) is 3.06. The monoisotopic (exact) mass is 415 g/mol. The molecule has 0 aliphatic carbocycles. The molecule has 142 valence electrons. The molecule has 0 bridgehead atoms. The summed E-state index contributed by atoms with van der Waals surface area (Å²) in [7, 11) is 0.